The van der Waals surface area contributed by atoms with Crippen molar-refractivity contribution >= 4 is 39.5 Å². The maximum atomic E-state index is 13.2. The van der Waals surface area contributed by atoms with E-state index >= 15 is 0 Å². The topological polar surface area (TPSA) is 61.9 Å². The van der Waals surface area contributed by atoms with Crippen LogP contribution in [0.15, 0.2) is 89.1 Å². The summed E-state index contributed by atoms with van der Waals surface area (Å²) < 4.78 is 6.79. The number of hydrogen-bond donors (Lipinski definition) is 1. The van der Waals surface area contributed by atoms with Gasteiger partial charge in [0.25, 0.3) is 5.91 Å². The van der Waals surface area contributed by atoms with Gasteiger partial charge in [-0.1, -0.05) is 70.5 Å². The van der Waals surface area contributed by atoms with Gasteiger partial charge in [0.2, 0.25) is 5.91 Å². The number of ether oxygens (including phenoxy) is 1. The van der Waals surface area contributed by atoms with Gasteiger partial charge in [-0.3, -0.25) is 14.5 Å². The van der Waals surface area contributed by atoms with Crippen LogP contribution in [0.5, 0.6) is 5.75 Å². The van der Waals surface area contributed by atoms with Crippen LogP contribution < -0.4 is 15.0 Å². The molecule has 1 aliphatic heterocycles. The van der Waals surface area contributed by atoms with Crippen LogP contribution in [0.3, 0.4) is 0 Å². The minimum atomic E-state index is -0.352. The predicted octanol–water partition coefficient (Wildman–Crippen LogP) is 4.46. The smallest absolute Gasteiger partial charge is 0.294 e. The zero-order valence-corrected chi connectivity index (χ0v) is 20.5. The Hall–Kier alpha value is -3.42. The Morgan fingerprint density at radius 2 is 1.82 bits per heavy atom. The monoisotopic (exact) mass is 519 g/mol. The molecule has 4 rings (SSSR count). The molecule has 0 bridgehead atoms. The van der Waals surface area contributed by atoms with Crippen molar-refractivity contribution in [1.29, 1.82) is 0 Å². The van der Waals surface area contributed by atoms with Gasteiger partial charge >= 0.3 is 0 Å². The van der Waals surface area contributed by atoms with Gasteiger partial charge in [-0.05, 0) is 48.5 Å². The van der Waals surface area contributed by atoms with Crippen molar-refractivity contribution in [2.45, 2.75) is 6.54 Å². The molecule has 3 aromatic carbocycles. The standard InChI is InChI=1S/C27H26BrN3O3/c1-30(18-20-8-3-2-4-9-20)15-14-29-26(32)19-31-23-12-5-6-13-24(23)34-25(27(31)33)17-21-10-7-11-22(28)16-21/h2-13,16-17H,14-15,18-19H2,1H3,(H,29,32). The fraction of sp³-hybridized carbons (Fsp3) is 0.185. The maximum absolute atomic E-state index is 13.2. The number of nitrogens with one attached hydrogen (secondary N) is 1. The lowest BCUT2D eigenvalue weighted by atomic mass is 10.1. The van der Waals surface area contributed by atoms with E-state index in [0.717, 1.165) is 16.6 Å². The lowest BCUT2D eigenvalue weighted by Crippen LogP contribution is -2.45. The Bertz CT molecular complexity index is 1200. The third kappa shape index (κ3) is 6.12. The van der Waals surface area contributed by atoms with E-state index in [1.807, 2.05) is 61.6 Å². The van der Waals surface area contributed by atoms with Crippen molar-refractivity contribution in [3.63, 3.8) is 0 Å². The van der Waals surface area contributed by atoms with Crippen molar-refractivity contribution in [3.8, 4) is 5.75 Å². The second-order valence-electron chi connectivity index (χ2n) is 8.10. The summed E-state index contributed by atoms with van der Waals surface area (Å²) in [4.78, 5) is 29.6. The van der Waals surface area contributed by atoms with E-state index < -0.39 is 0 Å². The molecule has 0 atom stereocenters. The molecule has 0 radical (unpaired) electrons. The molecule has 2 amide bonds. The minimum Gasteiger partial charge on any atom is -0.449 e. The molecule has 0 aliphatic carbocycles. The molecule has 0 saturated heterocycles. The molecule has 1 aliphatic rings. The van der Waals surface area contributed by atoms with Crippen LogP contribution in [0, 0.1) is 0 Å². The number of halogens is 1. The van der Waals surface area contributed by atoms with Gasteiger partial charge in [0.15, 0.2) is 11.5 Å². The van der Waals surface area contributed by atoms with Crippen molar-refractivity contribution in [1.82, 2.24) is 10.2 Å². The number of hydrogen-bond acceptors (Lipinski definition) is 4. The summed E-state index contributed by atoms with van der Waals surface area (Å²) in [5.74, 6) is 0.140. The number of rotatable bonds is 8. The van der Waals surface area contributed by atoms with Crippen LogP contribution in [0.1, 0.15) is 11.1 Å². The number of nitrogens with zero attached hydrogens (tertiary/aromatic N) is 2. The van der Waals surface area contributed by atoms with Crippen LogP contribution in [-0.4, -0.2) is 43.4 Å². The lowest BCUT2D eigenvalue weighted by molar-refractivity contribution is -0.123. The molecule has 1 N–H and O–H groups in total. The zero-order chi connectivity index (χ0) is 23.9. The molecular weight excluding hydrogens is 494 g/mol. The Kier molecular flexibility index (Phi) is 7.77. The van der Waals surface area contributed by atoms with Crippen LogP contribution in [0.2, 0.25) is 0 Å². The third-order valence-corrected chi connectivity index (χ3v) is 5.88. The third-order valence-electron chi connectivity index (χ3n) is 5.39. The van der Waals surface area contributed by atoms with Crippen molar-refractivity contribution in [2.75, 3.05) is 31.6 Å². The number of carbonyl (C=O) groups excluding carboxylic acids is 2. The van der Waals surface area contributed by atoms with E-state index in [4.69, 9.17) is 4.74 Å². The highest BCUT2D eigenvalue weighted by Crippen LogP contribution is 2.35. The quantitative estimate of drug-likeness (QED) is 0.446. The number of amides is 2. The summed E-state index contributed by atoms with van der Waals surface area (Å²) in [7, 11) is 2.01. The van der Waals surface area contributed by atoms with Gasteiger partial charge in [0.05, 0.1) is 5.69 Å². The minimum absolute atomic E-state index is 0.0859. The number of likely N-dealkylation sites (N-methyl/N-ethyl adjacent to an activating group) is 1. The SMILES string of the molecule is CN(CCNC(=O)CN1C(=O)C(=Cc2cccc(Br)c2)Oc2ccccc21)Cc1ccccc1. The molecule has 6 nitrogen and oxygen atoms in total. The second kappa shape index (κ2) is 11.1. The number of carbonyl (C=O) groups is 2. The summed E-state index contributed by atoms with van der Waals surface area (Å²) in [5.41, 5.74) is 2.62. The molecule has 34 heavy (non-hydrogen) atoms. The average Bonchev–Trinajstić information content (AvgIpc) is 2.82. The maximum Gasteiger partial charge on any atom is 0.294 e. The first-order chi connectivity index (χ1) is 16.5. The Morgan fingerprint density at radius 1 is 1.06 bits per heavy atom. The molecule has 3 aromatic rings. The van der Waals surface area contributed by atoms with E-state index in [1.165, 1.54) is 10.5 Å². The molecular formula is C27H26BrN3O3. The predicted molar refractivity (Wildman–Crippen MR) is 137 cm³/mol. The zero-order valence-electron chi connectivity index (χ0n) is 18.9. The van der Waals surface area contributed by atoms with Crippen molar-refractivity contribution in [2.24, 2.45) is 0 Å². The van der Waals surface area contributed by atoms with Crippen molar-refractivity contribution < 1.29 is 14.3 Å². The summed E-state index contributed by atoms with van der Waals surface area (Å²) in [5, 5.41) is 2.93. The number of para-hydroxylation sites is 2. The van der Waals surface area contributed by atoms with E-state index in [9.17, 15) is 9.59 Å². The van der Waals surface area contributed by atoms with Gasteiger partial charge in [0, 0.05) is 24.1 Å². The van der Waals surface area contributed by atoms with Gasteiger partial charge in [-0.15, -0.1) is 0 Å². The van der Waals surface area contributed by atoms with E-state index in [-0.39, 0.29) is 24.1 Å². The van der Waals surface area contributed by atoms with Crippen LogP contribution in [0.25, 0.3) is 6.08 Å². The molecule has 1 heterocycles. The summed E-state index contributed by atoms with van der Waals surface area (Å²) in [6.45, 7) is 1.90. The highest BCUT2D eigenvalue weighted by Gasteiger charge is 2.31. The largest absolute Gasteiger partial charge is 0.449 e. The van der Waals surface area contributed by atoms with E-state index in [0.29, 0.717) is 24.5 Å². The first-order valence-electron chi connectivity index (χ1n) is 11.0. The Morgan fingerprint density at radius 3 is 2.62 bits per heavy atom. The van der Waals surface area contributed by atoms with Gasteiger partial charge in [-0.25, -0.2) is 0 Å². The average molecular weight is 520 g/mol. The van der Waals surface area contributed by atoms with Crippen LogP contribution >= 0.6 is 15.9 Å². The Labute approximate surface area is 208 Å². The fourth-order valence-corrected chi connectivity index (χ4v) is 4.14. The molecule has 0 unspecified atom stereocenters. The molecule has 0 fully saturated rings. The fourth-order valence-electron chi connectivity index (χ4n) is 3.73. The molecule has 0 spiro atoms. The molecule has 7 heteroatoms. The molecule has 0 aromatic heterocycles. The van der Waals surface area contributed by atoms with Gasteiger partial charge in [0.1, 0.15) is 6.54 Å². The second-order valence-corrected chi connectivity index (χ2v) is 9.01. The normalized spacial score (nSPS) is 14.1. The highest BCUT2D eigenvalue weighted by atomic mass is 79.9. The first kappa shape index (κ1) is 23.7. The van der Waals surface area contributed by atoms with Gasteiger partial charge < -0.3 is 15.0 Å². The van der Waals surface area contributed by atoms with Crippen molar-refractivity contribution in [3.05, 3.63) is 100 Å². The summed E-state index contributed by atoms with van der Waals surface area (Å²) >= 11 is 3.44. The lowest BCUT2D eigenvalue weighted by Gasteiger charge is -2.30. The van der Waals surface area contributed by atoms with Crippen LogP contribution in [0.4, 0.5) is 5.69 Å². The Balaban J connectivity index is 1.40. The molecule has 0 saturated carbocycles. The highest BCUT2D eigenvalue weighted by molar-refractivity contribution is 9.10. The first-order valence-corrected chi connectivity index (χ1v) is 11.8. The van der Waals surface area contributed by atoms with E-state index in [2.05, 4.69) is 38.3 Å². The molecule has 174 valence electrons. The number of anilines is 1. The number of fused-ring (bicyclic) bond motifs is 1. The van der Waals surface area contributed by atoms with E-state index in [1.54, 1.807) is 18.2 Å². The number of benzene rings is 3. The summed E-state index contributed by atoms with van der Waals surface area (Å²) in [6, 6.07) is 25.0. The summed E-state index contributed by atoms with van der Waals surface area (Å²) in [6.07, 6.45) is 1.69. The van der Waals surface area contributed by atoms with Gasteiger partial charge in [-0.2, -0.15) is 0 Å². The van der Waals surface area contributed by atoms with Crippen LogP contribution in [-0.2, 0) is 16.1 Å².